The number of hydrogen-bond donors (Lipinski definition) is 1. The number of aryl methyl sites for hydroxylation is 1. The van der Waals surface area contributed by atoms with E-state index in [-0.39, 0.29) is 12.5 Å². The van der Waals surface area contributed by atoms with Gasteiger partial charge in [0.05, 0.1) is 24.3 Å². The number of nitrogens with zero attached hydrogens (tertiary/aromatic N) is 3. The maximum Gasteiger partial charge on any atom is 0.248 e. The molecule has 100 valence electrons. The zero-order valence-corrected chi connectivity index (χ0v) is 11.0. The lowest BCUT2D eigenvalue weighted by Gasteiger charge is -2.10. The van der Waals surface area contributed by atoms with Crippen LogP contribution in [0.2, 0.25) is 0 Å². The Kier molecular flexibility index (Phi) is 4.33. The second-order valence-corrected chi connectivity index (χ2v) is 4.64. The molecule has 2 heterocycles. The van der Waals surface area contributed by atoms with E-state index in [1.807, 2.05) is 6.33 Å². The summed E-state index contributed by atoms with van der Waals surface area (Å²) >= 11 is 0. The van der Waals surface area contributed by atoms with Crippen LogP contribution in [0.5, 0.6) is 0 Å². The fourth-order valence-electron chi connectivity index (χ4n) is 1.91. The molecule has 0 unspecified atom stereocenters. The molecule has 0 spiro atoms. The van der Waals surface area contributed by atoms with Gasteiger partial charge in [0.1, 0.15) is 6.61 Å². The van der Waals surface area contributed by atoms with Crippen molar-refractivity contribution in [3.63, 3.8) is 0 Å². The van der Waals surface area contributed by atoms with Crippen molar-refractivity contribution in [2.24, 2.45) is 0 Å². The van der Waals surface area contributed by atoms with Gasteiger partial charge in [-0.25, -0.2) is 4.98 Å². The van der Waals surface area contributed by atoms with Crippen LogP contribution in [-0.4, -0.2) is 47.6 Å². The molecular formula is C12H20N4O2. The smallest absolute Gasteiger partial charge is 0.248 e. The van der Waals surface area contributed by atoms with Crippen molar-refractivity contribution in [2.45, 2.75) is 26.1 Å². The van der Waals surface area contributed by atoms with Crippen molar-refractivity contribution in [1.29, 1.82) is 0 Å². The fourth-order valence-corrected chi connectivity index (χ4v) is 1.91. The Morgan fingerprint density at radius 2 is 2.44 bits per heavy atom. The number of aromatic nitrogens is 2. The third kappa shape index (κ3) is 3.08. The van der Waals surface area contributed by atoms with Gasteiger partial charge in [0, 0.05) is 27.2 Å². The summed E-state index contributed by atoms with van der Waals surface area (Å²) < 4.78 is 7.57. The highest BCUT2D eigenvalue weighted by Crippen LogP contribution is 2.12. The number of hydrogen-bond acceptors (Lipinski definition) is 4. The standard InChI is InChI=1S/C12H20N4O2/c1-15(2)12(17)8-18-7-10-11-6-13-4-3-5-16(11)9-14-10/h9,13H,3-8H2,1-2H3. The molecule has 1 aliphatic rings. The van der Waals surface area contributed by atoms with E-state index in [2.05, 4.69) is 14.9 Å². The maximum atomic E-state index is 11.4. The Bertz CT molecular complexity index is 414. The monoisotopic (exact) mass is 252 g/mol. The van der Waals surface area contributed by atoms with Crippen LogP contribution in [-0.2, 0) is 29.2 Å². The van der Waals surface area contributed by atoms with Gasteiger partial charge in [-0.05, 0) is 13.0 Å². The molecular weight excluding hydrogens is 232 g/mol. The van der Waals surface area contributed by atoms with Crippen molar-refractivity contribution < 1.29 is 9.53 Å². The summed E-state index contributed by atoms with van der Waals surface area (Å²) in [5.41, 5.74) is 2.10. The largest absolute Gasteiger partial charge is 0.365 e. The predicted octanol–water partition coefficient (Wildman–Crippen LogP) is -0.0188. The molecule has 0 saturated carbocycles. The minimum Gasteiger partial charge on any atom is -0.365 e. The molecule has 1 N–H and O–H groups in total. The van der Waals surface area contributed by atoms with Crippen LogP contribution in [0.25, 0.3) is 0 Å². The Balaban J connectivity index is 1.90. The minimum absolute atomic E-state index is 0.0292. The van der Waals surface area contributed by atoms with Gasteiger partial charge >= 0.3 is 0 Å². The number of carbonyl (C=O) groups is 1. The van der Waals surface area contributed by atoms with Crippen LogP contribution < -0.4 is 5.32 Å². The summed E-state index contributed by atoms with van der Waals surface area (Å²) in [7, 11) is 3.44. The highest BCUT2D eigenvalue weighted by atomic mass is 16.5. The maximum absolute atomic E-state index is 11.4. The molecule has 1 aromatic rings. The summed E-state index contributed by atoms with van der Waals surface area (Å²) in [6.45, 7) is 3.34. The second-order valence-electron chi connectivity index (χ2n) is 4.64. The third-order valence-corrected chi connectivity index (χ3v) is 3.04. The summed E-state index contributed by atoms with van der Waals surface area (Å²) in [6.07, 6.45) is 2.97. The van der Waals surface area contributed by atoms with Gasteiger partial charge in [0.2, 0.25) is 5.91 Å². The average Bonchev–Trinajstić information content (AvgIpc) is 2.59. The van der Waals surface area contributed by atoms with E-state index in [0.29, 0.717) is 6.61 Å². The Labute approximate surface area is 107 Å². The summed E-state index contributed by atoms with van der Waals surface area (Å²) in [5.74, 6) is -0.0292. The minimum atomic E-state index is -0.0292. The SMILES string of the molecule is CN(C)C(=O)COCc1ncn2c1CNCCC2. The molecule has 1 aliphatic heterocycles. The first-order chi connectivity index (χ1) is 8.68. The first-order valence-electron chi connectivity index (χ1n) is 6.20. The van der Waals surface area contributed by atoms with Crippen molar-refractivity contribution in [2.75, 3.05) is 27.2 Å². The highest BCUT2D eigenvalue weighted by molar-refractivity contribution is 5.76. The number of nitrogens with one attached hydrogen (secondary N) is 1. The Morgan fingerprint density at radius 1 is 1.61 bits per heavy atom. The zero-order chi connectivity index (χ0) is 13.0. The molecule has 6 nitrogen and oxygen atoms in total. The topological polar surface area (TPSA) is 59.4 Å². The molecule has 0 bridgehead atoms. The molecule has 2 rings (SSSR count). The molecule has 1 amide bonds. The van der Waals surface area contributed by atoms with E-state index in [4.69, 9.17) is 4.74 Å². The Morgan fingerprint density at radius 3 is 3.22 bits per heavy atom. The second kappa shape index (κ2) is 5.97. The predicted molar refractivity (Wildman–Crippen MR) is 66.9 cm³/mol. The number of ether oxygens (including phenoxy) is 1. The van der Waals surface area contributed by atoms with Crippen LogP contribution in [0.1, 0.15) is 17.8 Å². The molecule has 0 atom stereocenters. The van der Waals surface area contributed by atoms with Crippen LogP contribution in [0.3, 0.4) is 0 Å². The normalized spacial score (nSPS) is 15.0. The number of carbonyl (C=O) groups excluding carboxylic acids is 1. The van der Waals surface area contributed by atoms with E-state index in [1.165, 1.54) is 10.6 Å². The molecule has 1 aromatic heterocycles. The average molecular weight is 252 g/mol. The van der Waals surface area contributed by atoms with Gasteiger partial charge in [-0.3, -0.25) is 4.79 Å². The molecule has 0 aromatic carbocycles. The fraction of sp³-hybridized carbons (Fsp3) is 0.667. The van der Waals surface area contributed by atoms with Crippen molar-refractivity contribution in [3.05, 3.63) is 17.7 Å². The van der Waals surface area contributed by atoms with Gasteiger partial charge in [0.25, 0.3) is 0 Å². The van der Waals surface area contributed by atoms with Gasteiger partial charge in [-0.15, -0.1) is 0 Å². The number of imidazole rings is 1. The molecule has 6 heteroatoms. The third-order valence-electron chi connectivity index (χ3n) is 3.04. The molecule has 0 aliphatic carbocycles. The Hall–Kier alpha value is -1.40. The first-order valence-corrected chi connectivity index (χ1v) is 6.20. The number of rotatable bonds is 4. The molecule has 0 fully saturated rings. The molecule has 0 saturated heterocycles. The van der Waals surface area contributed by atoms with Crippen LogP contribution in [0.4, 0.5) is 0 Å². The zero-order valence-electron chi connectivity index (χ0n) is 11.0. The van der Waals surface area contributed by atoms with Crippen molar-refractivity contribution in [1.82, 2.24) is 19.8 Å². The van der Waals surface area contributed by atoms with Gasteiger partial charge < -0.3 is 19.5 Å². The van der Waals surface area contributed by atoms with E-state index >= 15 is 0 Å². The van der Waals surface area contributed by atoms with E-state index < -0.39 is 0 Å². The highest BCUT2D eigenvalue weighted by Gasteiger charge is 2.14. The lowest BCUT2D eigenvalue weighted by molar-refractivity contribution is -0.134. The lowest BCUT2D eigenvalue weighted by atomic mass is 10.3. The van der Waals surface area contributed by atoms with Crippen LogP contribution >= 0.6 is 0 Å². The number of fused-ring (bicyclic) bond motifs is 1. The van der Waals surface area contributed by atoms with Crippen LogP contribution in [0.15, 0.2) is 6.33 Å². The van der Waals surface area contributed by atoms with E-state index in [0.717, 1.165) is 31.7 Å². The van der Waals surface area contributed by atoms with Crippen molar-refractivity contribution >= 4 is 5.91 Å². The van der Waals surface area contributed by atoms with Gasteiger partial charge in [0.15, 0.2) is 0 Å². The van der Waals surface area contributed by atoms with Gasteiger partial charge in [-0.1, -0.05) is 0 Å². The summed E-state index contributed by atoms with van der Waals surface area (Å²) in [6, 6.07) is 0. The number of likely N-dealkylation sites (N-methyl/N-ethyl adjacent to an activating group) is 1. The first kappa shape index (κ1) is 13.0. The number of amides is 1. The van der Waals surface area contributed by atoms with Gasteiger partial charge in [-0.2, -0.15) is 0 Å². The lowest BCUT2D eigenvalue weighted by Crippen LogP contribution is -2.26. The van der Waals surface area contributed by atoms with Crippen molar-refractivity contribution in [3.8, 4) is 0 Å². The van der Waals surface area contributed by atoms with E-state index in [1.54, 1.807) is 14.1 Å². The summed E-state index contributed by atoms with van der Waals surface area (Å²) in [5, 5.41) is 3.36. The van der Waals surface area contributed by atoms with E-state index in [9.17, 15) is 4.79 Å². The molecule has 18 heavy (non-hydrogen) atoms. The molecule has 0 radical (unpaired) electrons. The quantitative estimate of drug-likeness (QED) is 0.818. The van der Waals surface area contributed by atoms with Crippen LogP contribution in [0, 0.1) is 0 Å². The summed E-state index contributed by atoms with van der Waals surface area (Å²) in [4.78, 5) is 17.3.